The van der Waals surface area contributed by atoms with Crippen molar-refractivity contribution in [2.24, 2.45) is 0 Å². The van der Waals surface area contributed by atoms with E-state index in [1.54, 1.807) is 12.1 Å². The molecule has 0 amide bonds. The van der Waals surface area contributed by atoms with Crippen LogP contribution in [0.3, 0.4) is 0 Å². The predicted molar refractivity (Wildman–Crippen MR) is 69.4 cm³/mol. The highest BCUT2D eigenvalue weighted by Gasteiger charge is 2.22. The first-order valence-electron chi connectivity index (χ1n) is 5.69. The molecule has 0 aromatic heterocycles. The van der Waals surface area contributed by atoms with Gasteiger partial charge in [-0.05, 0) is 48.9 Å². The van der Waals surface area contributed by atoms with Gasteiger partial charge in [-0.1, -0.05) is 18.2 Å². The van der Waals surface area contributed by atoms with Crippen LogP contribution in [0.2, 0.25) is 0 Å². The van der Waals surface area contributed by atoms with E-state index in [9.17, 15) is 5.11 Å². The van der Waals surface area contributed by atoms with Crippen LogP contribution >= 0.6 is 0 Å². The molecule has 0 saturated heterocycles. The Kier molecular flexibility index (Phi) is 1.96. The molecule has 0 bridgehead atoms. The van der Waals surface area contributed by atoms with Crippen LogP contribution in [0.1, 0.15) is 19.4 Å². The minimum atomic E-state index is -0.266. The minimum Gasteiger partial charge on any atom is -0.508 e. The van der Waals surface area contributed by atoms with E-state index >= 15 is 0 Å². The molecule has 1 N–H and O–H groups in total. The summed E-state index contributed by atoms with van der Waals surface area (Å²) >= 11 is 0. The second-order valence-electron chi connectivity index (χ2n) is 4.92. The Balaban J connectivity index is 2.30. The molecule has 2 aromatic carbocycles. The Morgan fingerprint density at radius 1 is 1.12 bits per heavy atom. The van der Waals surface area contributed by atoms with Crippen molar-refractivity contribution in [2.75, 3.05) is 0 Å². The van der Waals surface area contributed by atoms with Gasteiger partial charge in [0.05, 0.1) is 0 Å². The summed E-state index contributed by atoms with van der Waals surface area (Å²) in [6.45, 7) is 4.05. The fourth-order valence-corrected chi connectivity index (χ4v) is 2.17. The normalized spacial score (nSPS) is 16.6. The van der Waals surface area contributed by atoms with E-state index < -0.39 is 0 Å². The van der Waals surface area contributed by atoms with Crippen LogP contribution in [0.15, 0.2) is 36.4 Å². The van der Waals surface area contributed by atoms with Crippen molar-refractivity contribution in [2.45, 2.75) is 19.4 Å². The van der Waals surface area contributed by atoms with Crippen LogP contribution < -0.4 is 4.74 Å². The van der Waals surface area contributed by atoms with Crippen molar-refractivity contribution in [3.63, 3.8) is 0 Å². The zero-order chi connectivity index (χ0) is 12.0. The van der Waals surface area contributed by atoms with E-state index in [-0.39, 0.29) is 11.4 Å². The standard InChI is InChI=1S/C15H14O2/c1-15(2)8-7-12-13-9-11(16)5-3-10(13)4-6-14(12)17-15/h3-9,16H,1-2H3. The second-order valence-corrected chi connectivity index (χ2v) is 4.92. The molecule has 1 aliphatic rings. The number of rotatable bonds is 0. The highest BCUT2D eigenvalue weighted by molar-refractivity contribution is 5.94. The van der Waals surface area contributed by atoms with Crippen molar-refractivity contribution in [3.8, 4) is 11.5 Å². The molecule has 0 fully saturated rings. The second kappa shape index (κ2) is 3.27. The van der Waals surface area contributed by atoms with Crippen LogP contribution in [0.5, 0.6) is 11.5 Å². The molecule has 17 heavy (non-hydrogen) atoms. The van der Waals surface area contributed by atoms with Gasteiger partial charge in [0.2, 0.25) is 0 Å². The van der Waals surface area contributed by atoms with Crippen molar-refractivity contribution < 1.29 is 9.84 Å². The van der Waals surface area contributed by atoms with Gasteiger partial charge < -0.3 is 9.84 Å². The maximum Gasteiger partial charge on any atom is 0.128 e. The lowest BCUT2D eigenvalue weighted by Gasteiger charge is -2.28. The summed E-state index contributed by atoms with van der Waals surface area (Å²) in [4.78, 5) is 0. The molecular weight excluding hydrogens is 212 g/mol. The van der Waals surface area contributed by atoms with E-state index in [0.29, 0.717) is 0 Å². The molecule has 3 rings (SSSR count). The van der Waals surface area contributed by atoms with E-state index in [1.165, 1.54) is 0 Å². The SMILES string of the molecule is CC1(C)C=Cc2c(ccc3ccc(O)cc23)O1. The van der Waals surface area contributed by atoms with Gasteiger partial charge in [-0.15, -0.1) is 0 Å². The van der Waals surface area contributed by atoms with Crippen LogP contribution in [0, 0.1) is 0 Å². The Morgan fingerprint density at radius 3 is 2.71 bits per heavy atom. The summed E-state index contributed by atoms with van der Waals surface area (Å²) < 4.78 is 5.90. The summed E-state index contributed by atoms with van der Waals surface area (Å²) in [6.07, 6.45) is 4.11. The highest BCUT2D eigenvalue weighted by Crippen LogP contribution is 2.36. The van der Waals surface area contributed by atoms with Gasteiger partial charge in [-0.3, -0.25) is 0 Å². The Hall–Kier alpha value is -1.96. The van der Waals surface area contributed by atoms with Gasteiger partial charge in [-0.25, -0.2) is 0 Å². The fraction of sp³-hybridized carbons (Fsp3) is 0.200. The topological polar surface area (TPSA) is 29.5 Å². The third-order valence-electron chi connectivity index (χ3n) is 3.03. The third-order valence-corrected chi connectivity index (χ3v) is 3.03. The predicted octanol–water partition coefficient (Wildman–Crippen LogP) is 3.73. The molecule has 1 aliphatic heterocycles. The number of hydrogen-bond acceptors (Lipinski definition) is 2. The Morgan fingerprint density at radius 2 is 1.88 bits per heavy atom. The number of ether oxygens (including phenoxy) is 1. The highest BCUT2D eigenvalue weighted by atomic mass is 16.5. The van der Waals surface area contributed by atoms with Crippen LogP contribution in [-0.2, 0) is 0 Å². The third kappa shape index (κ3) is 1.66. The molecule has 2 heteroatoms. The Labute approximate surface area is 100 Å². The summed E-state index contributed by atoms with van der Waals surface area (Å²) in [5.41, 5.74) is 0.773. The lowest BCUT2D eigenvalue weighted by atomic mass is 9.97. The zero-order valence-electron chi connectivity index (χ0n) is 9.90. The first-order chi connectivity index (χ1) is 8.05. The summed E-state index contributed by atoms with van der Waals surface area (Å²) in [5.74, 6) is 1.15. The molecule has 0 unspecified atom stereocenters. The quantitative estimate of drug-likeness (QED) is 0.741. The van der Waals surface area contributed by atoms with Crippen LogP contribution in [0.4, 0.5) is 0 Å². The largest absolute Gasteiger partial charge is 0.508 e. The van der Waals surface area contributed by atoms with Crippen molar-refractivity contribution in [3.05, 3.63) is 42.0 Å². The average Bonchev–Trinajstić information content (AvgIpc) is 2.27. The number of benzene rings is 2. The summed E-state index contributed by atoms with van der Waals surface area (Å²) in [5, 5.41) is 11.7. The first kappa shape index (κ1) is 10.2. The molecule has 1 heterocycles. The molecular formula is C15H14O2. The number of phenols is 1. The van der Waals surface area contributed by atoms with E-state index in [4.69, 9.17) is 4.74 Å². The van der Waals surface area contributed by atoms with Crippen molar-refractivity contribution in [1.29, 1.82) is 0 Å². The molecule has 2 nitrogen and oxygen atoms in total. The lowest BCUT2D eigenvalue weighted by molar-refractivity contribution is 0.159. The monoisotopic (exact) mass is 226 g/mol. The molecule has 86 valence electrons. The number of aromatic hydroxyl groups is 1. The number of fused-ring (bicyclic) bond motifs is 3. The first-order valence-corrected chi connectivity index (χ1v) is 5.69. The van der Waals surface area contributed by atoms with Gasteiger partial charge in [0.15, 0.2) is 0 Å². The minimum absolute atomic E-state index is 0.266. The molecule has 2 aromatic rings. The van der Waals surface area contributed by atoms with Gasteiger partial charge in [0.25, 0.3) is 0 Å². The Bertz CT molecular complexity index is 624. The molecule has 0 aliphatic carbocycles. The van der Waals surface area contributed by atoms with Crippen LogP contribution in [-0.4, -0.2) is 10.7 Å². The number of hydrogen-bond donors (Lipinski definition) is 1. The van der Waals surface area contributed by atoms with Crippen molar-refractivity contribution in [1.82, 2.24) is 0 Å². The van der Waals surface area contributed by atoms with Gasteiger partial charge in [0.1, 0.15) is 17.1 Å². The van der Waals surface area contributed by atoms with E-state index in [0.717, 1.165) is 22.1 Å². The van der Waals surface area contributed by atoms with Crippen LogP contribution in [0.25, 0.3) is 16.8 Å². The lowest BCUT2D eigenvalue weighted by Crippen LogP contribution is -2.27. The summed E-state index contributed by atoms with van der Waals surface area (Å²) in [7, 11) is 0. The maximum absolute atomic E-state index is 9.57. The molecule has 0 radical (unpaired) electrons. The number of phenolic OH excluding ortho intramolecular Hbond substituents is 1. The fourth-order valence-electron chi connectivity index (χ4n) is 2.17. The summed E-state index contributed by atoms with van der Waals surface area (Å²) in [6, 6.07) is 9.40. The van der Waals surface area contributed by atoms with Crippen molar-refractivity contribution >= 4 is 16.8 Å². The maximum atomic E-state index is 9.57. The molecule has 0 atom stereocenters. The smallest absolute Gasteiger partial charge is 0.128 e. The molecule has 0 spiro atoms. The van der Waals surface area contributed by atoms with Gasteiger partial charge in [-0.2, -0.15) is 0 Å². The molecule has 0 saturated carbocycles. The van der Waals surface area contributed by atoms with E-state index in [1.807, 2.05) is 38.1 Å². The average molecular weight is 226 g/mol. The zero-order valence-corrected chi connectivity index (χ0v) is 9.90. The van der Waals surface area contributed by atoms with Gasteiger partial charge >= 0.3 is 0 Å². The van der Waals surface area contributed by atoms with E-state index in [2.05, 4.69) is 6.08 Å². The van der Waals surface area contributed by atoms with Gasteiger partial charge in [0, 0.05) is 5.56 Å².